The van der Waals surface area contributed by atoms with Crippen LogP contribution in [0.15, 0.2) is 57.9 Å². The minimum atomic E-state index is -3.30. The standard InChI is InChI=1S/C14H14BrNO2S/c15-13-5-7-14(8-6-13)19(17,18)10-12-3-1-11(9-16)2-4-12/h1-8H,9-10,16H2. The molecule has 2 N–H and O–H groups in total. The van der Waals surface area contributed by atoms with Gasteiger partial charge in [0.05, 0.1) is 10.6 Å². The monoisotopic (exact) mass is 339 g/mol. The Morgan fingerprint density at radius 1 is 0.895 bits per heavy atom. The molecule has 5 heteroatoms. The molecule has 0 heterocycles. The molecule has 0 amide bonds. The quantitative estimate of drug-likeness (QED) is 0.931. The molecule has 0 aliphatic heterocycles. The van der Waals surface area contributed by atoms with Gasteiger partial charge < -0.3 is 5.73 Å². The van der Waals surface area contributed by atoms with Crippen LogP contribution in [0.1, 0.15) is 11.1 Å². The molecule has 0 bridgehead atoms. The van der Waals surface area contributed by atoms with Crippen LogP contribution in [0.5, 0.6) is 0 Å². The molecule has 3 nitrogen and oxygen atoms in total. The number of hydrogen-bond donors (Lipinski definition) is 1. The number of hydrogen-bond acceptors (Lipinski definition) is 3. The first-order valence-corrected chi connectivity index (χ1v) is 8.22. The average molecular weight is 340 g/mol. The van der Waals surface area contributed by atoms with E-state index in [1.165, 1.54) is 0 Å². The molecule has 0 saturated heterocycles. The lowest BCUT2D eigenvalue weighted by atomic mass is 10.1. The van der Waals surface area contributed by atoms with Gasteiger partial charge in [-0.15, -0.1) is 0 Å². The van der Waals surface area contributed by atoms with Crippen LogP contribution >= 0.6 is 15.9 Å². The van der Waals surface area contributed by atoms with Gasteiger partial charge in [0.2, 0.25) is 0 Å². The molecule has 0 fully saturated rings. The van der Waals surface area contributed by atoms with Gasteiger partial charge in [-0.05, 0) is 35.4 Å². The zero-order valence-corrected chi connectivity index (χ0v) is 12.6. The van der Waals surface area contributed by atoms with E-state index in [2.05, 4.69) is 15.9 Å². The molecule has 0 aromatic heterocycles. The van der Waals surface area contributed by atoms with Crippen LogP contribution in [0.3, 0.4) is 0 Å². The van der Waals surface area contributed by atoms with Gasteiger partial charge in [0.15, 0.2) is 9.84 Å². The molecule has 2 rings (SSSR count). The van der Waals surface area contributed by atoms with Crippen molar-refractivity contribution in [1.82, 2.24) is 0 Å². The maximum absolute atomic E-state index is 12.2. The van der Waals surface area contributed by atoms with Crippen molar-refractivity contribution in [1.29, 1.82) is 0 Å². The molecule has 0 unspecified atom stereocenters. The third kappa shape index (κ3) is 3.65. The Morgan fingerprint density at radius 2 is 1.42 bits per heavy atom. The van der Waals surface area contributed by atoms with Gasteiger partial charge in [-0.2, -0.15) is 0 Å². The van der Waals surface area contributed by atoms with Gasteiger partial charge in [0.1, 0.15) is 0 Å². The SMILES string of the molecule is NCc1ccc(CS(=O)(=O)c2ccc(Br)cc2)cc1. The average Bonchev–Trinajstić information content (AvgIpc) is 2.40. The molecule has 19 heavy (non-hydrogen) atoms. The van der Waals surface area contributed by atoms with Crippen molar-refractivity contribution in [2.24, 2.45) is 5.73 Å². The van der Waals surface area contributed by atoms with E-state index in [1.807, 2.05) is 12.1 Å². The van der Waals surface area contributed by atoms with Crippen molar-refractivity contribution in [3.8, 4) is 0 Å². The van der Waals surface area contributed by atoms with E-state index in [9.17, 15) is 8.42 Å². The summed E-state index contributed by atoms with van der Waals surface area (Å²) in [6.07, 6.45) is 0. The lowest BCUT2D eigenvalue weighted by Crippen LogP contribution is -2.05. The number of halogens is 1. The second-order valence-corrected chi connectivity index (χ2v) is 7.14. The first kappa shape index (κ1) is 14.2. The summed E-state index contributed by atoms with van der Waals surface area (Å²) < 4.78 is 25.3. The number of rotatable bonds is 4. The first-order chi connectivity index (χ1) is 9.01. The number of nitrogens with two attached hydrogens (primary N) is 1. The highest BCUT2D eigenvalue weighted by molar-refractivity contribution is 9.10. The molecule has 2 aromatic rings. The fourth-order valence-corrected chi connectivity index (χ4v) is 3.33. The van der Waals surface area contributed by atoms with Gasteiger partial charge in [-0.25, -0.2) is 8.42 Å². The van der Waals surface area contributed by atoms with Crippen molar-refractivity contribution >= 4 is 25.8 Å². The second-order valence-electron chi connectivity index (χ2n) is 4.23. The van der Waals surface area contributed by atoms with Crippen LogP contribution in [-0.4, -0.2) is 8.42 Å². The predicted molar refractivity (Wildman–Crippen MR) is 79.4 cm³/mol. The van der Waals surface area contributed by atoms with E-state index in [-0.39, 0.29) is 5.75 Å². The zero-order chi connectivity index (χ0) is 13.9. The third-order valence-electron chi connectivity index (χ3n) is 2.79. The minimum Gasteiger partial charge on any atom is -0.326 e. The van der Waals surface area contributed by atoms with Crippen LogP contribution in [-0.2, 0) is 22.1 Å². The second kappa shape index (κ2) is 5.86. The normalized spacial score (nSPS) is 11.5. The summed E-state index contributed by atoms with van der Waals surface area (Å²) in [5.74, 6) is -0.000512. The fourth-order valence-electron chi connectivity index (χ4n) is 1.72. The van der Waals surface area contributed by atoms with E-state index in [1.54, 1.807) is 36.4 Å². The Balaban J connectivity index is 2.23. The van der Waals surface area contributed by atoms with Crippen LogP contribution < -0.4 is 5.73 Å². The Hall–Kier alpha value is -1.17. The smallest absolute Gasteiger partial charge is 0.182 e. The molecule has 0 aliphatic carbocycles. The lowest BCUT2D eigenvalue weighted by Gasteiger charge is -2.05. The topological polar surface area (TPSA) is 60.2 Å². The summed E-state index contributed by atoms with van der Waals surface area (Å²) in [4.78, 5) is 0.332. The molecular weight excluding hydrogens is 326 g/mol. The molecule has 2 aromatic carbocycles. The maximum atomic E-state index is 12.2. The lowest BCUT2D eigenvalue weighted by molar-refractivity contribution is 0.595. The molecule has 0 aliphatic rings. The van der Waals surface area contributed by atoms with E-state index in [4.69, 9.17) is 5.73 Å². The maximum Gasteiger partial charge on any atom is 0.182 e. The van der Waals surface area contributed by atoms with E-state index in [0.717, 1.165) is 15.6 Å². The highest BCUT2D eigenvalue weighted by Gasteiger charge is 2.14. The fraction of sp³-hybridized carbons (Fsp3) is 0.143. The predicted octanol–water partition coefficient (Wildman–Crippen LogP) is 2.88. The summed E-state index contributed by atoms with van der Waals surface area (Å²) >= 11 is 3.29. The van der Waals surface area contributed by atoms with Crippen molar-refractivity contribution in [3.63, 3.8) is 0 Å². The van der Waals surface area contributed by atoms with Crippen LogP contribution in [0.25, 0.3) is 0 Å². The van der Waals surface area contributed by atoms with Crippen LogP contribution in [0, 0.1) is 0 Å². The summed E-state index contributed by atoms with van der Waals surface area (Å²) in [5.41, 5.74) is 7.26. The Kier molecular flexibility index (Phi) is 4.39. The van der Waals surface area contributed by atoms with Crippen LogP contribution in [0.4, 0.5) is 0 Å². The molecule has 0 radical (unpaired) electrons. The summed E-state index contributed by atoms with van der Waals surface area (Å²) in [6, 6.07) is 14.0. The van der Waals surface area contributed by atoms with Crippen molar-refractivity contribution < 1.29 is 8.42 Å². The first-order valence-electron chi connectivity index (χ1n) is 5.77. The molecule has 0 atom stereocenters. The van der Waals surface area contributed by atoms with Crippen LogP contribution in [0.2, 0.25) is 0 Å². The van der Waals surface area contributed by atoms with Gasteiger partial charge in [-0.3, -0.25) is 0 Å². The molecule has 0 saturated carbocycles. The van der Waals surface area contributed by atoms with Crippen molar-refractivity contribution in [2.75, 3.05) is 0 Å². The van der Waals surface area contributed by atoms with Crippen molar-refractivity contribution in [3.05, 3.63) is 64.1 Å². The molecular formula is C14H14BrNO2S. The Morgan fingerprint density at radius 3 is 1.95 bits per heavy atom. The van der Waals surface area contributed by atoms with Gasteiger partial charge in [0.25, 0.3) is 0 Å². The molecule has 0 spiro atoms. The van der Waals surface area contributed by atoms with Gasteiger partial charge in [0, 0.05) is 11.0 Å². The minimum absolute atomic E-state index is 0.000512. The highest BCUT2D eigenvalue weighted by atomic mass is 79.9. The third-order valence-corrected chi connectivity index (χ3v) is 5.02. The Labute approximate surface area is 121 Å². The largest absolute Gasteiger partial charge is 0.326 e. The zero-order valence-electron chi connectivity index (χ0n) is 10.2. The summed E-state index contributed by atoms with van der Waals surface area (Å²) in [7, 11) is -3.30. The highest BCUT2D eigenvalue weighted by Crippen LogP contribution is 2.19. The van der Waals surface area contributed by atoms with Gasteiger partial charge in [-0.1, -0.05) is 40.2 Å². The number of sulfone groups is 1. The van der Waals surface area contributed by atoms with E-state index < -0.39 is 9.84 Å². The summed E-state index contributed by atoms with van der Waals surface area (Å²) in [6.45, 7) is 0.458. The summed E-state index contributed by atoms with van der Waals surface area (Å²) in [5, 5.41) is 0. The van der Waals surface area contributed by atoms with E-state index in [0.29, 0.717) is 11.4 Å². The number of benzene rings is 2. The van der Waals surface area contributed by atoms with E-state index >= 15 is 0 Å². The Bertz CT molecular complexity index is 649. The molecule has 100 valence electrons. The van der Waals surface area contributed by atoms with Crippen molar-refractivity contribution in [2.45, 2.75) is 17.2 Å². The van der Waals surface area contributed by atoms with Gasteiger partial charge >= 0.3 is 0 Å².